The molecule has 0 spiro atoms. The smallest absolute Gasteiger partial charge is 0.230 e. The maximum absolute atomic E-state index is 12.0. The number of rotatable bonds is 6. The summed E-state index contributed by atoms with van der Waals surface area (Å²) in [6.07, 6.45) is 3.47. The average molecular weight is 300 g/mol. The fraction of sp³-hybridized carbons (Fsp3) is 0.294. The Kier molecular flexibility index (Phi) is 5.81. The first-order valence-electron chi connectivity index (χ1n) is 7.04. The second-order valence-corrected chi connectivity index (χ2v) is 6.08. The summed E-state index contributed by atoms with van der Waals surface area (Å²) in [4.78, 5) is 17.0. The topological polar surface area (TPSA) is 42.0 Å². The largest absolute Gasteiger partial charge is 0.352 e. The van der Waals surface area contributed by atoms with Crippen LogP contribution in [0, 0.1) is 0 Å². The van der Waals surface area contributed by atoms with Crippen LogP contribution in [-0.2, 0) is 4.79 Å². The van der Waals surface area contributed by atoms with Gasteiger partial charge in [-0.3, -0.25) is 9.78 Å². The highest BCUT2D eigenvalue weighted by Crippen LogP contribution is 2.19. The van der Waals surface area contributed by atoms with E-state index in [1.165, 1.54) is 17.3 Å². The molecule has 0 saturated heterocycles. The number of nitrogens with one attached hydrogen (secondary N) is 1. The normalized spacial score (nSPS) is 13.4. The Morgan fingerprint density at radius 1 is 1.14 bits per heavy atom. The zero-order valence-corrected chi connectivity index (χ0v) is 13.1. The number of hydrogen-bond acceptors (Lipinski definition) is 3. The lowest BCUT2D eigenvalue weighted by Gasteiger charge is -2.21. The molecule has 4 heteroatoms. The van der Waals surface area contributed by atoms with E-state index in [4.69, 9.17) is 0 Å². The molecule has 0 radical (unpaired) electrons. The second kappa shape index (κ2) is 7.84. The van der Waals surface area contributed by atoms with E-state index in [9.17, 15) is 4.79 Å². The van der Waals surface area contributed by atoms with E-state index in [-0.39, 0.29) is 11.9 Å². The van der Waals surface area contributed by atoms with Crippen molar-refractivity contribution in [2.75, 3.05) is 5.75 Å². The van der Waals surface area contributed by atoms with Crippen LogP contribution >= 0.6 is 11.8 Å². The Hall–Kier alpha value is -1.81. The van der Waals surface area contributed by atoms with Gasteiger partial charge in [0.05, 0.1) is 5.75 Å². The Morgan fingerprint density at radius 3 is 2.48 bits per heavy atom. The van der Waals surface area contributed by atoms with E-state index < -0.39 is 0 Å². The van der Waals surface area contributed by atoms with Gasteiger partial charge in [-0.15, -0.1) is 11.8 Å². The lowest BCUT2D eigenvalue weighted by atomic mass is 9.94. The van der Waals surface area contributed by atoms with Gasteiger partial charge in [0, 0.05) is 29.2 Å². The SMILES string of the molecule is C[C@H](NC(=O)CSc1ccncc1)[C@@H](C)c1ccccc1. The standard InChI is InChI=1S/C17H20N2OS/c1-13(15-6-4-3-5-7-15)14(2)19-17(20)12-21-16-8-10-18-11-9-16/h3-11,13-14H,12H2,1-2H3,(H,19,20)/t13-,14+/m1/s1. The average Bonchev–Trinajstić information content (AvgIpc) is 2.54. The first-order valence-corrected chi connectivity index (χ1v) is 8.02. The number of carbonyl (C=O) groups is 1. The minimum absolute atomic E-state index is 0.0621. The maximum Gasteiger partial charge on any atom is 0.230 e. The van der Waals surface area contributed by atoms with Gasteiger partial charge in [0.2, 0.25) is 5.91 Å². The highest BCUT2D eigenvalue weighted by Gasteiger charge is 2.16. The minimum atomic E-state index is 0.0621. The van der Waals surface area contributed by atoms with Crippen LogP contribution < -0.4 is 5.32 Å². The van der Waals surface area contributed by atoms with Crippen molar-refractivity contribution >= 4 is 17.7 Å². The highest BCUT2D eigenvalue weighted by molar-refractivity contribution is 8.00. The number of hydrogen-bond donors (Lipinski definition) is 1. The summed E-state index contributed by atoms with van der Waals surface area (Å²) in [7, 11) is 0. The molecule has 1 N–H and O–H groups in total. The molecule has 1 aromatic carbocycles. The third kappa shape index (κ3) is 4.90. The number of amides is 1. The molecule has 1 aromatic heterocycles. The van der Waals surface area contributed by atoms with Crippen LogP contribution in [0.25, 0.3) is 0 Å². The summed E-state index contributed by atoms with van der Waals surface area (Å²) in [5.74, 6) is 0.781. The van der Waals surface area contributed by atoms with E-state index in [1.807, 2.05) is 37.3 Å². The molecule has 1 amide bonds. The number of thioether (sulfide) groups is 1. The number of nitrogens with zero attached hydrogens (tertiary/aromatic N) is 1. The van der Waals surface area contributed by atoms with Crippen molar-refractivity contribution in [3.63, 3.8) is 0 Å². The van der Waals surface area contributed by atoms with Crippen molar-refractivity contribution in [3.05, 3.63) is 60.4 Å². The molecular weight excluding hydrogens is 280 g/mol. The van der Waals surface area contributed by atoms with Gasteiger partial charge in [0.25, 0.3) is 0 Å². The first kappa shape index (κ1) is 15.6. The van der Waals surface area contributed by atoms with Crippen molar-refractivity contribution in [1.29, 1.82) is 0 Å². The van der Waals surface area contributed by atoms with Crippen LogP contribution in [0.1, 0.15) is 25.3 Å². The van der Waals surface area contributed by atoms with Gasteiger partial charge in [-0.2, -0.15) is 0 Å². The highest BCUT2D eigenvalue weighted by atomic mass is 32.2. The van der Waals surface area contributed by atoms with Crippen LogP contribution in [0.2, 0.25) is 0 Å². The molecule has 0 unspecified atom stereocenters. The predicted molar refractivity (Wildman–Crippen MR) is 87.4 cm³/mol. The predicted octanol–water partition coefficient (Wildman–Crippen LogP) is 3.48. The molecule has 0 aliphatic heterocycles. The fourth-order valence-corrected chi connectivity index (χ4v) is 2.74. The van der Waals surface area contributed by atoms with Gasteiger partial charge in [-0.25, -0.2) is 0 Å². The van der Waals surface area contributed by atoms with Gasteiger partial charge < -0.3 is 5.32 Å². The third-order valence-electron chi connectivity index (χ3n) is 3.48. The number of pyridine rings is 1. The van der Waals surface area contributed by atoms with Crippen LogP contribution in [0.4, 0.5) is 0 Å². The molecule has 0 fully saturated rings. The van der Waals surface area contributed by atoms with Crippen molar-refractivity contribution in [2.45, 2.75) is 30.7 Å². The van der Waals surface area contributed by atoms with Gasteiger partial charge in [-0.05, 0) is 24.6 Å². The number of benzene rings is 1. The van der Waals surface area contributed by atoms with Gasteiger partial charge in [-0.1, -0.05) is 37.3 Å². The first-order chi connectivity index (χ1) is 10.2. The fourth-order valence-electron chi connectivity index (χ4n) is 2.05. The lowest BCUT2D eigenvalue weighted by molar-refractivity contribution is -0.119. The molecule has 2 atom stereocenters. The Labute approximate surface area is 130 Å². The van der Waals surface area contributed by atoms with E-state index in [2.05, 4.69) is 29.4 Å². The molecular formula is C17H20N2OS. The second-order valence-electron chi connectivity index (χ2n) is 5.03. The zero-order chi connectivity index (χ0) is 15.1. The van der Waals surface area contributed by atoms with Gasteiger partial charge >= 0.3 is 0 Å². The summed E-state index contributed by atoms with van der Waals surface area (Å²) < 4.78 is 0. The molecule has 1 heterocycles. The molecule has 110 valence electrons. The summed E-state index contributed by atoms with van der Waals surface area (Å²) in [6.45, 7) is 4.18. The van der Waals surface area contributed by atoms with E-state index in [0.29, 0.717) is 11.7 Å². The summed E-state index contributed by atoms with van der Waals surface area (Å²) >= 11 is 1.53. The zero-order valence-electron chi connectivity index (χ0n) is 12.3. The molecule has 0 bridgehead atoms. The van der Waals surface area contributed by atoms with Crippen LogP contribution in [0.5, 0.6) is 0 Å². The van der Waals surface area contributed by atoms with E-state index >= 15 is 0 Å². The Balaban J connectivity index is 1.82. The molecule has 0 aliphatic carbocycles. The summed E-state index contributed by atoms with van der Waals surface area (Å²) in [5, 5.41) is 3.07. The molecule has 2 aromatic rings. The van der Waals surface area contributed by atoms with Crippen LogP contribution in [0.3, 0.4) is 0 Å². The quantitative estimate of drug-likeness (QED) is 0.830. The van der Waals surface area contributed by atoms with Crippen LogP contribution in [0.15, 0.2) is 59.8 Å². The molecule has 21 heavy (non-hydrogen) atoms. The van der Waals surface area contributed by atoms with Crippen molar-refractivity contribution in [3.8, 4) is 0 Å². The molecule has 3 nitrogen and oxygen atoms in total. The molecule has 0 aliphatic rings. The van der Waals surface area contributed by atoms with Gasteiger partial charge in [0.15, 0.2) is 0 Å². The van der Waals surface area contributed by atoms with Crippen LogP contribution in [-0.4, -0.2) is 22.7 Å². The summed E-state index contributed by atoms with van der Waals surface area (Å²) in [5.41, 5.74) is 1.24. The maximum atomic E-state index is 12.0. The summed E-state index contributed by atoms with van der Waals surface area (Å²) in [6, 6.07) is 14.2. The van der Waals surface area contributed by atoms with Gasteiger partial charge in [0.1, 0.15) is 0 Å². The lowest BCUT2D eigenvalue weighted by Crippen LogP contribution is -2.37. The van der Waals surface area contributed by atoms with Crippen molar-refractivity contribution < 1.29 is 4.79 Å². The minimum Gasteiger partial charge on any atom is -0.352 e. The third-order valence-corrected chi connectivity index (χ3v) is 4.50. The molecule has 0 saturated carbocycles. The van der Waals surface area contributed by atoms with Crippen molar-refractivity contribution in [2.24, 2.45) is 0 Å². The number of carbonyl (C=O) groups excluding carboxylic acids is 1. The molecule has 2 rings (SSSR count). The van der Waals surface area contributed by atoms with Crippen molar-refractivity contribution in [1.82, 2.24) is 10.3 Å². The number of aromatic nitrogens is 1. The van der Waals surface area contributed by atoms with E-state index in [1.54, 1.807) is 12.4 Å². The Bertz CT molecular complexity index is 560. The van der Waals surface area contributed by atoms with E-state index in [0.717, 1.165) is 4.90 Å². The Morgan fingerprint density at radius 2 is 1.81 bits per heavy atom. The monoisotopic (exact) mass is 300 g/mol.